The van der Waals surface area contributed by atoms with Crippen LogP contribution in [0.25, 0.3) is 22.3 Å². The van der Waals surface area contributed by atoms with Gasteiger partial charge >= 0.3 is 0 Å². The third-order valence-corrected chi connectivity index (χ3v) is 4.02. The van der Waals surface area contributed by atoms with Crippen LogP contribution in [0.15, 0.2) is 21.4 Å². The van der Waals surface area contributed by atoms with Gasteiger partial charge in [-0.25, -0.2) is 4.98 Å². The Hall–Kier alpha value is -0.980. The highest BCUT2D eigenvalue weighted by Gasteiger charge is 2.13. The molecule has 80 valence electrons. The molecule has 0 amide bonds. The Morgan fingerprint density at radius 1 is 1.31 bits per heavy atom. The number of halogens is 2. The van der Waals surface area contributed by atoms with Gasteiger partial charge in [0.15, 0.2) is 5.65 Å². The molecule has 3 heterocycles. The van der Waals surface area contributed by atoms with Crippen molar-refractivity contribution in [3.8, 4) is 11.3 Å². The number of H-pyrrole nitrogens is 1. The van der Waals surface area contributed by atoms with E-state index < -0.39 is 0 Å². The summed E-state index contributed by atoms with van der Waals surface area (Å²) in [5.74, 6) is 0. The molecule has 0 aliphatic rings. The fraction of sp³-hybridized carbons (Fsp3) is 0. The highest BCUT2D eigenvalue weighted by atomic mass is 79.9. The average Bonchev–Trinajstić information content (AvgIpc) is 2.84. The summed E-state index contributed by atoms with van der Waals surface area (Å²) in [5, 5.41) is 11.8. The number of nitrogens with one attached hydrogen (secondary N) is 1. The summed E-state index contributed by atoms with van der Waals surface area (Å²) in [6.45, 7) is 0. The van der Waals surface area contributed by atoms with Crippen molar-refractivity contribution >= 4 is 49.9 Å². The lowest BCUT2D eigenvalue weighted by atomic mass is 10.2. The Morgan fingerprint density at radius 3 is 2.94 bits per heavy atom. The predicted molar refractivity (Wildman–Crippen MR) is 67.7 cm³/mol. The molecule has 1 N–H and O–H groups in total. The maximum atomic E-state index is 5.87. The fourth-order valence-electron chi connectivity index (χ4n) is 1.46. The summed E-state index contributed by atoms with van der Waals surface area (Å²) in [4.78, 5) is 8.31. The Labute approximate surface area is 108 Å². The zero-order valence-electron chi connectivity index (χ0n) is 7.74. The van der Waals surface area contributed by atoms with Crippen LogP contribution in [0.4, 0.5) is 0 Å². The molecule has 16 heavy (non-hydrogen) atoms. The summed E-state index contributed by atoms with van der Waals surface area (Å²) in [6, 6.07) is 0. The Bertz CT molecular complexity index is 662. The van der Waals surface area contributed by atoms with Crippen LogP contribution < -0.4 is 0 Å². The normalized spacial score (nSPS) is 11.1. The van der Waals surface area contributed by atoms with E-state index in [9.17, 15) is 0 Å². The molecular formula is C9H4BrClN4S. The van der Waals surface area contributed by atoms with E-state index in [1.165, 1.54) is 0 Å². The molecule has 3 aromatic heterocycles. The van der Waals surface area contributed by atoms with Crippen LogP contribution >= 0.6 is 38.9 Å². The van der Waals surface area contributed by atoms with Crippen LogP contribution in [-0.4, -0.2) is 20.2 Å². The van der Waals surface area contributed by atoms with E-state index in [0.29, 0.717) is 5.65 Å². The van der Waals surface area contributed by atoms with Crippen LogP contribution in [0.5, 0.6) is 0 Å². The second kappa shape index (κ2) is 3.80. The topological polar surface area (TPSA) is 54.5 Å². The molecule has 0 bridgehead atoms. The molecule has 7 heteroatoms. The first-order valence-corrected chi connectivity index (χ1v) is 6.46. The molecule has 0 aromatic carbocycles. The van der Waals surface area contributed by atoms with Gasteiger partial charge < -0.3 is 0 Å². The number of hydrogen-bond acceptors (Lipinski definition) is 4. The third kappa shape index (κ3) is 1.53. The van der Waals surface area contributed by atoms with Crippen LogP contribution in [0.1, 0.15) is 0 Å². The average molecular weight is 316 g/mol. The van der Waals surface area contributed by atoms with Crippen LogP contribution in [0.3, 0.4) is 0 Å². The third-order valence-electron chi connectivity index (χ3n) is 2.15. The molecule has 0 aliphatic carbocycles. The summed E-state index contributed by atoms with van der Waals surface area (Å²) >= 11 is 10.9. The maximum absolute atomic E-state index is 5.87. The van der Waals surface area contributed by atoms with Crippen LogP contribution in [-0.2, 0) is 0 Å². The largest absolute Gasteiger partial charge is 0.261 e. The Morgan fingerprint density at radius 2 is 2.19 bits per heavy atom. The Kier molecular flexibility index (Phi) is 2.42. The molecule has 0 saturated carbocycles. The second-order valence-electron chi connectivity index (χ2n) is 3.11. The number of fused-ring (bicyclic) bond motifs is 1. The SMILES string of the molecule is Clc1nc(-c2cscc2Br)c2cn[nH]c2n1. The van der Waals surface area contributed by atoms with E-state index in [-0.39, 0.29) is 5.28 Å². The quantitative estimate of drug-likeness (QED) is 0.699. The van der Waals surface area contributed by atoms with E-state index in [2.05, 4.69) is 36.1 Å². The maximum Gasteiger partial charge on any atom is 0.224 e. The highest BCUT2D eigenvalue weighted by Crippen LogP contribution is 2.34. The number of rotatable bonds is 1. The summed E-state index contributed by atoms with van der Waals surface area (Å²) in [5.41, 5.74) is 2.44. The molecule has 4 nitrogen and oxygen atoms in total. The number of thiophene rings is 1. The number of aromatic nitrogens is 4. The number of nitrogens with zero attached hydrogens (tertiary/aromatic N) is 3. The fourth-order valence-corrected chi connectivity index (χ4v) is 3.10. The van der Waals surface area contributed by atoms with Crippen molar-refractivity contribution in [2.75, 3.05) is 0 Å². The van der Waals surface area contributed by atoms with E-state index >= 15 is 0 Å². The van der Waals surface area contributed by atoms with E-state index in [0.717, 1.165) is 21.1 Å². The molecular weight excluding hydrogens is 312 g/mol. The van der Waals surface area contributed by atoms with Crippen molar-refractivity contribution in [1.82, 2.24) is 20.2 Å². The minimum atomic E-state index is 0.213. The Balaban J connectivity index is 2.38. The smallest absolute Gasteiger partial charge is 0.224 e. The number of aromatic amines is 1. The first-order valence-electron chi connectivity index (χ1n) is 4.34. The molecule has 0 spiro atoms. The van der Waals surface area contributed by atoms with Crippen molar-refractivity contribution in [2.45, 2.75) is 0 Å². The molecule has 0 radical (unpaired) electrons. The van der Waals surface area contributed by atoms with Crippen molar-refractivity contribution in [2.24, 2.45) is 0 Å². The van der Waals surface area contributed by atoms with Crippen molar-refractivity contribution in [1.29, 1.82) is 0 Å². The van der Waals surface area contributed by atoms with E-state index in [4.69, 9.17) is 11.6 Å². The summed E-state index contributed by atoms with van der Waals surface area (Å²) < 4.78 is 0.995. The standard InChI is InChI=1S/C9H4BrClN4S/c10-6-3-16-2-5(6)7-4-1-12-15-8(4)14-9(11)13-7/h1-3H,(H,12,13,14,15). The van der Waals surface area contributed by atoms with Gasteiger partial charge in [0.1, 0.15) is 0 Å². The predicted octanol–water partition coefficient (Wildman–Crippen LogP) is 3.50. The molecule has 3 aromatic rings. The molecule has 0 saturated heterocycles. The lowest BCUT2D eigenvalue weighted by molar-refractivity contribution is 1.09. The van der Waals surface area contributed by atoms with Gasteiger partial charge in [0.05, 0.1) is 17.3 Å². The lowest BCUT2D eigenvalue weighted by Gasteiger charge is -2.00. The van der Waals surface area contributed by atoms with Crippen LogP contribution in [0.2, 0.25) is 5.28 Å². The first-order chi connectivity index (χ1) is 7.75. The van der Waals surface area contributed by atoms with Crippen molar-refractivity contribution < 1.29 is 0 Å². The van der Waals surface area contributed by atoms with Gasteiger partial charge in [0.2, 0.25) is 5.28 Å². The summed E-state index contributed by atoms with van der Waals surface area (Å²) in [6.07, 6.45) is 1.70. The zero-order chi connectivity index (χ0) is 11.1. The molecule has 0 unspecified atom stereocenters. The van der Waals surface area contributed by atoms with Gasteiger partial charge in [0.25, 0.3) is 0 Å². The molecule has 0 aliphatic heterocycles. The summed E-state index contributed by atoms with van der Waals surface area (Å²) in [7, 11) is 0. The van der Waals surface area contributed by atoms with Crippen molar-refractivity contribution in [3.63, 3.8) is 0 Å². The van der Waals surface area contributed by atoms with Gasteiger partial charge in [-0.3, -0.25) is 5.10 Å². The van der Waals surface area contributed by atoms with Gasteiger partial charge in [-0.1, -0.05) is 0 Å². The van der Waals surface area contributed by atoms with Crippen LogP contribution in [0, 0.1) is 0 Å². The van der Waals surface area contributed by atoms with Gasteiger partial charge in [-0.05, 0) is 27.5 Å². The molecule has 3 rings (SSSR count). The van der Waals surface area contributed by atoms with Crippen molar-refractivity contribution in [3.05, 3.63) is 26.7 Å². The van der Waals surface area contributed by atoms with Gasteiger partial charge in [-0.15, -0.1) is 0 Å². The second-order valence-corrected chi connectivity index (χ2v) is 5.04. The van der Waals surface area contributed by atoms with E-state index in [1.54, 1.807) is 17.5 Å². The minimum absolute atomic E-state index is 0.213. The minimum Gasteiger partial charge on any atom is -0.261 e. The van der Waals surface area contributed by atoms with Gasteiger partial charge in [0, 0.05) is 20.8 Å². The lowest BCUT2D eigenvalue weighted by Crippen LogP contribution is -1.88. The molecule has 0 atom stereocenters. The van der Waals surface area contributed by atoms with Gasteiger partial charge in [-0.2, -0.15) is 21.4 Å². The first kappa shape index (κ1) is 10.2. The highest BCUT2D eigenvalue weighted by molar-refractivity contribution is 9.10. The monoisotopic (exact) mass is 314 g/mol. The van der Waals surface area contributed by atoms with E-state index in [1.807, 2.05) is 10.8 Å². The molecule has 0 fully saturated rings. The number of hydrogen-bond donors (Lipinski definition) is 1. The zero-order valence-corrected chi connectivity index (χ0v) is 10.9.